The van der Waals surface area contributed by atoms with Crippen LogP contribution in [0.4, 0.5) is 0 Å². The number of rotatable bonds is 16. The Labute approximate surface area is 337 Å². The summed E-state index contributed by atoms with van der Waals surface area (Å²) in [6.07, 6.45) is 27.8. The van der Waals surface area contributed by atoms with E-state index in [4.69, 9.17) is 9.47 Å². The number of Topliss-reactive ketones (excluding diaryl/α,β-unsaturated/α-hetero) is 2. The molecule has 0 spiro atoms. The molecule has 304 valence electrons. The molecule has 56 heavy (non-hydrogen) atoms. The molecule has 2 aliphatic carbocycles. The van der Waals surface area contributed by atoms with Crippen molar-refractivity contribution < 1.29 is 28.7 Å². The van der Waals surface area contributed by atoms with Crippen LogP contribution in [0.15, 0.2) is 130 Å². The van der Waals surface area contributed by atoms with Crippen LogP contribution in [0, 0.1) is 10.8 Å². The lowest BCUT2D eigenvalue weighted by molar-refractivity contribution is -0.156. The van der Waals surface area contributed by atoms with Gasteiger partial charge in [0.1, 0.15) is 0 Å². The Morgan fingerprint density at radius 3 is 1.20 bits per heavy atom. The van der Waals surface area contributed by atoms with Gasteiger partial charge in [0.2, 0.25) is 0 Å². The van der Waals surface area contributed by atoms with E-state index in [2.05, 4.69) is 27.7 Å². The van der Waals surface area contributed by atoms with E-state index in [1.165, 1.54) is 0 Å². The maximum atomic E-state index is 13.0. The SMILES string of the molecule is CC1=C(/C=C/C(C)=C/C=C/C(C)=C/C=C/C=C(C)/C=C/C=C(C)/C=C/C2=C(C)C(=O)C(OC(=O)CN(C)C)CC2(C)C)C(C)(C)CC(OC(=O)CN(C)C)C1=O. The second-order valence-electron chi connectivity index (χ2n) is 16.8. The van der Waals surface area contributed by atoms with Crippen molar-refractivity contribution in [2.24, 2.45) is 10.8 Å². The summed E-state index contributed by atoms with van der Waals surface area (Å²) in [6.45, 7) is 20.4. The molecule has 2 aliphatic rings. The lowest BCUT2D eigenvalue weighted by Gasteiger charge is -2.36. The quantitative estimate of drug-likeness (QED) is 0.114. The number of allylic oxidation sites excluding steroid dienone is 20. The van der Waals surface area contributed by atoms with Crippen LogP contribution in [0.25, 0.3) is 0 Å². The van der Waals surface area contributed by atoms with Gasteiger partial charge in [-0.1, -0.05) is 135 Å². The average molecular weight is 767 g/mol. The number of likely N-dealkylation sites (N-methyl/N-ethyl adjacent to an activating group) is 2. The highest BCUT2D eigenvalue weighted by Crippen LogP contribution is 2.42. The number of ether oxygens (including phenoxy) is 2. The van der Waals surface area contributed by atoms with Gasteiger partial charge in [0.15, 0.2) is 23.8 Å². The van der Waals surface area contributed by atoms with E-state index in [9.17, 15) is 19.2 Å². The topological polar surface area (TPSA) is 93.2 Å². The van der Waals surface area contributed by atoms with E-state index >= 15 is 0 Å². The van der Waals surface area contributed by atoms with Crippen molar-refractivity contribution in [1.29, 1.82) is 0 Å². The Balaban J connectivity index is 1.98. The fraction of sp³-hybridized carbons (Fsp3) is 0.458. The monoisotopic (exact) mass is 766 g/mol. The van der Waals surface area contributed by atoms with Crippen molar-refractivity contribution in [1.82, 2.24) is 9.80 Å². The molecule has 0 radical (unpaired) electrons. The first-order valence-electron chi connectivity index (χ1n) is 19.3. The third kappa shape index (κ3) is 15.5. The van der Waals surface area contributed by atoms with E-state index in [-0.39, 0.29) is 35.5 Å². The minimum atomic E-state index is -0.753. The molecule has 0 aliphatic heterocycles. The third-order valence-corrected chi connectivity index (χ3v) is 9.71. The highest BCUT2D eigenvalue weighted by molar-refractivity contribution is 6.02. The van der Waals surface area contributed by atoms with Gasteiger partial charge >= 0.3 is 11.9 Å². The molecule has 2 atom stereocenters. The number of nitrogens with zero attached hydrogens (tertiary/aromatic N) is 2. The molecule has 0 fully saturated rings. The van der Waals surface area contributed by atoms with Crippen LogP contribution in [-0.4, -0.2) is 86.8 Å². The van der Waals surface area contributed by atoms with Crippen LogP contribution >= 0.6 is 0 Å². The zero-order chi connectivity index (χ0) is 42.4. The van der Waals surface area contributed by atoms with E-state index in [0.29, 0.717) is 24.0 Å². The molecule has 0 saturated carbocycles. The van der Waals surface area contributed by atoms with Crippen molar-refractivity contribution in [2.75, 3.05) is 41.3 Å². The summed E-state index contributed by atoms with van der Waals surface area (Å²) in [5.41, 5.74) is 6.86. The summed E-state index contributed by atoms with van der Waals surface area (Å²) in [6, 6.07) is 0. The fourth-order valence-electron chi connectivity index (χ4n) is 6.67. The Morgan fingerprint density at radius 1 is 0.571 bits per heavy atom. The number of hydrogen-bond donors (Lipinski definition) is 0. The molecule has 0 heterocycles. The molecule has 0 bridgehead atoms. The summed E-state index contributed by atoms with van der Waals surface area (Å²) in [5, 5.41) is 0. The van der Waals surface area contributed by atoms with Gasteiger partial charge in [-0.05, 0) is 103 Å². The van der Waals surface area contributed by atoms with Crippen molar-refractivity contribution in [2.45, 2.75) is 94.3 Å². The maximum absolute atomic E-state index is 13.0. The molecule has 2 rings (SSSR count). The summed E-state index contributed by atoms with van der Waals surface area (Å²) in [5.74, 6) is -1.04. The summed E-state index contributed by atoms with van der Waals surface area (Å²) in [7, 11) is 7.17. The van der Waals surface area contributed by atoms with Gasteiger partial charge in [0.05, 0.1) is 13.1 Å². The Morgan fingerprint density at radius 2 is 0.875 bits per heavy atom. The zero-order valence-electron chi connectivity index (χ0n) is 36.4. The number of ketones is 2. The fourth-order valence-corrected chi connectivity index (χ4v) is 6.67. The van der Waals surface area contributed by atoms with E-state index in [1.54, 1.807) is 38.0 Å². The molecule has 2 unspecified atom stereocenters. The lowest BCUT2D eigenvalue weighted by atomic mass is 9.71. The first-order chi connectivity index (χ1) is 26.0. The molecule has 0 aromatic heterocycles. The minimum Gasteiger partial charge on any atom is -0.453 e. The normalized spacial score (nSPS) is 21.8. The molecular weight excluding hydrogens is 701 g/mol. The van der Waals surface area contributed by atoms with Crippen molar-refractivity contribution >= 4 is 23.5 Å². The first kappa shape index (κ1) is 47.5. The van der Waals surface area contributed by atoms with Crippen LogP contribution < -0.4 is 0 Å². The first-order valence-corrected chi connectivity index (χ1v) is 19.3. The highest BCUT2D eigenvalue weighted by atomic mass is 16.6. The molecule has 8 heteroatoms. The van der Waals surface area contributed by atoms with Crippen molar-refractivity contribution in [3.8, 4) is 0 Å². The molecule has 0 amide bonds. The van der Waals surface area contributed by atoms with Crippen LogP contribution in [-0.2, 0) is 28.7 Å². The molecule has 0 N–H and O–H groups in total. The van der Waals surface area contributed by atoms with E-state index in [0.717, 1.165) is 33.4 Å². The standard InChI is InChI=1S/C48H66N2O6/c1-33(21-17-23-35(3)25-27-39-37(5)45(53)41(29-47(39,7)8)55-43(51)31-49(11)12)19-15-16-20-34(2)22-18-24-36(4)26-28-40-38(6)46(54)42(30-48(40,9)10)56-44(52)32-50(13)14/h15-28,41-42H,29-32H2,1-14H3/b16-15+,21-17+,22-18+,27-25+,28-26+,33-19+,34-20+,35-23+,36-24+. The summed E-state index contributed by atoms with van der Waals surface area (Å²) in [4.78, 5) is 54.0. The molecule has 0 aromatic rings. The zero-order valence-corrected chi connectivity index (χ0v) is 36.4. The number of hydrogen-bond acceptors (Lipinski definition) is 8. The third-order valence-electron chi connectivity index (χ3n) is 9.71. The van der Waals surface area contributed by atoms with Gasteiger partial charge in [0, 0.05) is 12.8 Å². The number of carbonyl (C=O) groups is 4. The van der Waals surface area contributed by atoms with Gasteiger partial charge in [0.25, 0.3) is 0 Å². The predicted octanol–water partition coefficient (Wildman–Crippen LogP) is 9.13. The molecular formula is C48H66N2O6. The van der Waals surface area contributed by atoms with Crippen LogP contribution in [0.1, 0.15) is 82.1 Å². The second-order valence-corrected chi connectivity index (χ2v) is 16.8. The Kier molecular flexibility index (Phi) is 18.3. The average Bonchev–Trinajstić information content (AvgIpc) is 3.06. The van der Waals surface area contributed by atoms with Gasteiger partial charge in [-0.15, -0.1) is 0 Å². The summed E-state index contributed by atoms with van der Waals surface area (Å²) >= 11 is 0. The van der Waals surface area contributed by atoms with Crippen LogP contribution in [0.2, 0.25) is 0 Å². The van der Waals surface area contributed by atoms with Gasteiger partial charge < -0.3 is 9.47 Å². The van der Waals surface area contributed by atoms with Crippen molar-refractivity contribution in [3.05, 3.63) is 130 Å². The predicted molar refractivity (Wildman–Crippen MR) is 230 cm³/mol. The van der Waals surface area contributed by atoms with E-state index in [1.807, 2.05) is 127 Å². The highest BCUT2D eigenvalue weighted by Gasteiger charge is 2.41. The van der Waals surface area contributed by atoms with Crippen molar-refractivity contribution in [3.63, 3.8) is 0 Å². The maximum Gasteiger partial charge on any atom is 0.320 e. The molecule has 8 nitrogen and oxygen atoms in total. The Hall–Kier alpha value is -4.66. The van der Waals surface area contributed by atoms with Crippen LogP contribution in [0.3, 0.4) is 0 Å². The van der Waals surface area contributed by atoms with Crippen LogP contribution in [0.5, 0.6) is 0 Å². The van der Waals surface area contributed by atoms with Gasteiger partial charge in [-0.2, -0.15) is 0 Å². The Bertz CT molecular complexity index is 1700. The number of esters is 2. The minimum absolute atomic E-state index is 0.131. The van der Waals surface area contributed by atoms with Gasteiger partial charge in [-0.25, -0.2) is 0 Å². The smallest absolute Gasteiger partial charge is 0.320 e. The van der Waals surface area contributed by atoms with E-state index < -0.39 is 24.1 Å². The molecule has 0 saturated heterocycles. The van der Waals surface area contributed by atoms with Gasteiger partial charge in [-0.3, -0.25) is 29.0 Å². The second kappa shape index (κ2) is 21.6. The molecule has 0 aromatic carbocycles. The summed E-state index contributed by atoms with van der Waals surface area (Å²) < 4.78 is 11.1. The number of carbonyl (C=O) groups excluding carboxylic acids is 4. The lowest BCUT2D eigenvalue weighted by Crippen LogP contribution is -2.40. The largest absolute Gasteiger partial charge is 0.453 e.